The third kappa shape index (κ3) is 2.51. The molecule has 0 aliphatic rings. The molecule has 0 aliphatic carbocycles. The van der Waals surface area contributed by atoms with Crippen molar-refractivity contribution in [1.82, 2.24) is 20.3 Å². The van der Waals surface area contributed by atoms with E-state index < -0.39 is 0 Å². The van der Waals surface area contributed by atoms with Crippen molar-refractivity contribution < 1.29 is 0 Å². The molecule has 4 heteroatoms. The molecular formula is C16H16N4. The van der Waals surface area contributed by atoms with Crippen LogP contribution >= 0.6 is 0 Å². The molecular weight excluding hydrogens is 248 g/mol. The van der Waals surface area contributed by atoms with Crippen LogP contribution in [-0.2, 0) is 0 Å². The molecule has 0 bridgehead atoms. The fourth-order valence-corrected chi connectivity index (χ4v) is 2.34. The van der Waals surface area contributed by atoms with E-state index in [9.17, 15) is 0 Å². The molecule has 0 radical (unpaired) electrons. The molecule has 0 saturated carbocycles. The number of nitrogens with zero attached hydrogens (tertiary/aromatic N) is 3. The van der Waals surface area contributed by atoms with Gasteiger partial charge in [-0.15, -0.1) is 0 Å². The molecule has 20 heavy (non-hydrogen) atoms. The van der Waals surface area contributed by atoms with Crippen LogP contribution in [0.5, 0.6) is 0 Å². The first-order valence-corrected chi connectivity index (χ1v) is 6.72. The van der Waals surface area contributed by atoms with E-state index in [1.807, 2.05) is 18.3 Å². The maximum atomic E-state index is 4.36. The number of fused-ring (bicyclic) bond motifs is 1. The fraction of sp³-hybridized carbons (Fsp3) is 0.188. The molecule has 0 spiro atoms. The number of nitrogens with one attached hydrogen (secondary N) is 1. The largest absolute Gasteiger partial charge is 0.305 e. The summed E-state index contributed by atoms with van der Waals surface area (Å²) in [5.41, 5.74) is 3.17. The van der Waals surface area contributed by atoms with Gasteiger partial charge in [-0.25, -0.2) is 9.97 Å². The molecule has 3 aromatic rings. The first-order valence-electron chi connectivity index (χ1n) is 6.72. The highest BCUT2D eigenvalue weighted by Crippen LogP contribution is 2.23. The van der Waals surface area contributed by atoms with Gasteiger partial charge < -0.3 is 5.32 Å². The molecule has 1 unspecified atom stereocenters. The average Bonchev–Trinajstić information content (AvgIpc) is 2.53. The Morgan fingerprint density at radius 3 is 2.85 bits per heavy atom. The van der Waals surface area contributed by atoms with Crippen molar-refractivity contribution in [3.05, 3.63) is 66.4 Å². The molecule has 0 aliphatic heterocycles. The monoisotopic (exact) mass is 264 g/mol. The Bertz CT molecular complexity index is 697. The standard InChI is InChI=1S/C16H16N4/c1-2-18-16(15-7-9-17-11-20-15)13-5-6-14-12(10-13)4-3-8-19-14/h3-11,16,18H,2H2,1H3. The van der Waals surface area contributed by atoms with Crippen LogP contribution in [0.4, 0.5) is 0 Å². The van der Waals surface area contributed by atoms with E-state index in [4.69, 9.17) is 0 Å². The molecule has 1 atom stereocenters. The zero-order chi connectivity index (χ0) is 13.8. The van der Waals surface area contributed by atoms with Gasteiger partial charge in [-0.1, -0.05) is 19.1 Å². The Morgan fingerprint density at radius 1 is 1.10 bits per heavy atom. The number of hydrogen-bond donors (Lipinski definition) is 1. The Labute approximate surface area is 117 Å². The summed E-state index contributed by atoms with van der Waals surface area (Å²) in [7, 11) is 0. The summed E-state index contributed by atoms with van der Waals surface area (Å²) in [4.78, 5) is 12.7. The van der Waals surface area contributed by atoms with Gasteiger partial charge in [0.15, 0.2) is 0 Å². The molecule has 0 fully saturated rings. The van der Waals surface area contributed by atoms with Gasteiger partial charge in [0.05, 0.1) is 17.3 Å². The molecule has 1 N–H and O–H groups in total. The molecule has 100 valence electrons. The summed E-state index contributed by atoms with van der Waals surface area (Å²) in [5, 5.41) is 4.61. The lowest BCUT2D eigenvalue weighted by Crippen LogP contribution is -2.22. The van der Waals surface area contributed by atoms with Gasteiger partial charge in [0.1, 0.15) is 6.33 Å². The summed E-state index contributed by atoms with van der Waals surface area (Å²) in [6.07, 6.45) is 5.17. The number of benzene rings is 1. The Hall–Kier alpha value is -2.33. The Morgan fingerprint density at radius 2 is 2.05 bits per heavy atom. The van der Waals surface area contributed by atoms with Crippen molar-refractivity contribution in [3.8, 4) is 0 Å². The summed E-state index contributed by atoms with van der Waals surface area (Å²) < 4.78 is 0. The van der Waals surface area contributed by atoms with Gasteiger partial charge in [0.2, 0.25) is 0 Å². The van der Waals surface area contributed by atoms with Crippen LogP contribution in [-0.4, -0.2) is 21.5 Å². The van der Waals surface area contributed by atoms with Gasteiger partial charge in [0.25, 0.3) is 0 Å². The van der Waals surface area contributed by atoms with E-state index >= 15 is 0 Å². The number of pyridine rings is 1. The zero-order valence-electron chi connectivity index (χ0n) is 11.3. The first-order chi connectivity index (χ1) is 9.88. The van der Waals surface area contributed by atoms with Crippen LogP contribution in [0.1, 0.15) is 24.2 Å². The van der Waals surface area contributed by atoms with Crippen molar-refractivity contribution in [2.24, 2.45) is 0 Å². The molecule has 1 aromatic carbocycles. The summed E-state index contributed by atoms with van der Waals surface area (Å²) in [6.45, 7) is 2.97. The Balaban J connectivity index is 2.05. The fourth-order valence-electron chi connectivity index (χ4n) is 2.34. The van der Waals surface area contributed by atoms with E-state index in [0.29, 0.717) is 0 Å². The second-order valence-electron chi connectivity index (χ2n) is 4.58. The number of aromatic nitrogens is 3. The van der Waals surface area contributed by atoms with Crippen LogP contribution in [0, 0.1) is 0 Å². The van der Waals surface area contributed by atoms with Crippen LogP contribution in [0.3, 0.4) is 0 Å². The maximum absolute atomic E-state index is 4.36. The first kappa shape index (κ1) is 12.7. The second kappa shape index (κ2) is 5.75. The van der Waals surface area contributed by atoms with Crippen molar-refractivity contribution >= 4 is 10.9 Å². The quantitative estimate of drug-likeness (QED) is 0.787. The molecule has 0 saturated heterocycles. The van der Waals surface area contributed by atoms with E-state index in [2.05, 4.69) is 51.5 Å². The highest BCUT2D eigenvalue weighted by Gasteiger charge is 2.14. The highest BCUT2D eigenvalue weighted by atomic mass is 14.9. The van der Waals surface area contributed by atoms with E-state index in [0.717, 1.165) is 23.1 Å². The predicted molar refractivity (Wildman–Crippen MR) is 79.3 cm³/mol. The van der Waals surface area contributed by atoms with Crippen LogP contribution in [0.2, 0.25) is 0 Å². The minimum atomic E-state index is 0.0765. The molecule has 4 nitrogen and oxygen atoms in total. The smallest absolute Gasteiger partial charge is 0.115 e. The minimum Gasteiger partial charge on any atom is -0.305 e. The molecule has 2 heterocycles. The van der Waals surface area contributed by atoms with Gasteiger partial charge >= 0.3 is 0 Å². The van der Waals surface area contributed by atoms with Gasteiger partial charge in [-0.05, 0) is 36.4 Å². The van der Waals surface area contributed by atoms with E-state index in [1.54, 1.807) is 12.5 Å². The third-order valence-corrected chi connectivity index (χ3v) is 3.27. The lowest BCUT2D eigenvalue weighted by atomic mass is 10.0. The lowest BCUT2D eigenvalue weighted by molar-refractivity contribution is 0.614. The van der Waals surface area contributed by atoms with Crippen molar-refractivity contribution in [2.45, 2.75) is 13.0 Å². The Kier molecular flexibility index (Phi) is 3.65. The van der Waals surface area contributed by atoms with E-state index in [-0.39, 0.29) is 6.04 Å². The predicted octanol–water partition coefficient (Wildman–Crippen LogP) is 2.72. The van der Waals surface area contributed by atoms with Gasteiger partial charge in [-0.2, -0.15) is 0 Å². The summed E-state index contributed by atoms with van der Waals surface area (Å²) >= 11 is 0. The molecule has 3 rings (SSSR count). The normalized spacial score (nSPS) is 12.4. The SMILES string of the molecule is CCNC(c1ccc2ncccc2c1)c1ccncn1. The van der Waals surface area contributed by atoms with Crippen LogP contribution in [0.25, 0.3) is 10.9 Å². The number of rotatable bonds is 4. The van der Waals surface area contributed by atoms with Crippen molar-refractivity contribution in [3.63, 3.8) is 0 Å². The highest BCUT2D eigenvalue weighted by molar-refractivity contribution is 5.79. The summed E-state index contributed by atoms with van der Waals surface area (Å²) in [6, 6.07) is 12.4. The maximum Gasteiger partial charge on any atom is 0.115 e. The van der Waals surface area contributed by atoms with E-state index in [1.165, 1.54) is 5.56 Å². The van der Waals surface area contributed by atoms with Crippen LogP contribution in [0.15, 0.2) is 55.1 Å². The summed E-state index contributed by atoms with van der Waals surface area (Å²) in [5.74, 6) is 0. The second-order valence-corrected chi connectivity index (χ2v) is 4.58. The minimum absolute atomic E-state index is 0.0765. The number of hydrogen-bond acceptors (Lipinski definition) is 4. The van der Waals surface area contributed by atoms with Gasteiger partial charge in [0, 0.05) is 17.8 Å². The molecule has 2 aromatic heterocycles. The average molecular weight is 264 g/mol. The third-order valence-electron chi connectivity index (χ3n) is 3.27. The van der Waals surface area contributed by atoms with Crippen molar-refractivity contribution in [2.75, 3.05) is 6.54 Å². The van der Waals surface area contributed by atoms with Crippen molar-refractivity contribution in [1.29, 1.82) is 0 Å². The lowest BCUT2D eigenvalue weighted by Gasteiger charge is -2.18. The molecule has 0 amide bonds. The zero-order valence-corrected chi connectivity index (χ0v) is 11.3. The van der Waals surface area contributed by atoms with Gasteiger partial charge in [-0.3, -0.25) is 4.98 Å². The topological polar surface area (TPSA) is 50.7 Å². The van der Waals surface area contributed by atoms with Crippen LogP contribution < -0.4 is 5.32 Å².